The van der Waals surface area contributed by atoms with Crippen molar-refractivity contribution in [1.29, 1.82) is 0 Å². The molecule has 2 aromatic rings. The molecule has 1 aromatic heterocycles. The van der Waals surface area contributed by atoms with E-state index in [-0.39, 0.29) is 31.0 Å². The van der Waals surface area contributed by atoms with E-state index in [1.165, 1.54) is 16.4 Å². The zero-order valence-corrected chi connectivity index (χ0v) is 16.3. The highest BCUT2D eigenvalue weighted by Gasteiger charge is 2.46. The summed E-state index contributed by atoms with van der Waals surface area (Å²) in [5, 5.41) is 22.6. The van der Waals surface area contributed by atoms with Crippen molar-refractivity contribution in [3.8, 4) is 5.75 Å². The van der Waals surface area contributed by atoms with E-state index in [0.29, 0.717) is 6.07 Å². The fraction of sp³-hybridized carbons (Fsp3) is 0.350. The average molecular weight is 435 g/mol. The minimum absolute atomic E-state index is 0.00590. The normalized spacial score (nSPS) is 20.9. The molecule has 2 aliphatic heterocycles. The molecular formula is C20H19F2N3O6. The van der Waals surface area contributed by atoms with Crippen LogP contribution < -0.4 is 10.7 Å². The van der Waals surface area contributed by atoms with Gasteiger partial charge in [0.05, 0.1) is 25.3 Å². The Balaban J connectivity index is 1.62. The number of fused-ring (bicyclic) bond motifs is 2. The maximum absolute atomic E-state index is 13.8. The van der Waals surface area contributed by atoms with Crippen LogP contribution in [0.25, 0.3) is 0 Å². The Morgan fingerprint density at radius 1 is 1.35 bits per heavy atom. The SMILES string of the molecule is C[C@@H](O)[C@H]1CO[C@@H]2Cn3cc(C(=O)NCc4ccc(F)cc4F)c(=O)c(O)c3C(=O)N12. The average Bonchev–Trinajstić information content (AvgIpc) is 3.14. The number of amides is 2. The Morgan fingerprint density at radius 3 is 2.77 bits per heavy atom. The third-order valence-electron chi connectivity index (χ3n) is 5.43. The van der Waals surface area contributed by atoms with Crippen LogP contribution in [-0.4, -0.2) is 56.5 Å². The standard InChI is InChI=1S/C20H19F2N3O6/c1-9(26)14-8-31-15-7-24-6-12(17(27)18(28)16(24)20(30)25(14)15)19(29)23-5-10-2-3-11(21)4-13(10)22/h2-4,6,9,14-15,26,28H,5,7-8H2,1H3,(H,23,29)/t9-,14-,15-/m1/s1. The van der Waals surface area contributed by atoms with Gasteiger partial charge in [0.2, 0.25) is 5.43 Å². The van der Waals surface area contributed by atoms with Crippen molar-refractivity contribution in [2.75, 3.05) is 6.61 Å². The predicted octanol–water partition coefficient (Wildman–Crippen LogP) is 0.324. The molecular weight excluding hydrogens is 416 g/mol. The summed E-state index contributed by atoms with van der Waals surface area (Å²) in [5.74, 6) is -4.13. The molecule has 0 unspecified atom stereocenters. The van der Waals surface area contributed by atoms with Crippen molar-refractivity contribution < 1.29 is 33.3 Å². The second-order valence-electron chi connectivity index (χ2n) is 7.45. The molecule has 11 heteroatoms. The first-order valence-electron chi connectivity index (χ1n) is 9.50. The number of nitrogens with zero attached hydrogens (tertiary/aromatic N) is 2. The molecule has 3 atom stereocenters. The van der Waals surface area contributed by atoms with Crippen LogP contribution in [0.15, 0.2) is 29.2 Å². The molecule has 0 radical (unpaired) electrons. The number of carbonyl (C=O) groups is 2. The molecule has 3 N–H and O–H groups in total. The minimum atomic E-state index is -1.07. The predicted molar refractivity (Wildman–Crippen MR) is 101 cm³/mol. The highest BCUT2D eigenvalue weighted by Crippen LogP contribution is 2.30. The molecule has 0 aliphatic carbocycles. The molecule has 1 fully saturated rings. The molecule has 9 nitrogen and oxygen atoms in total. The first kappa shape index (κ1) is 20.9. The van der Waals surface area contributed by atoms with Crippen LogP contribution in [0.2, 0.25) is 0 Å². The van der Waals surface area contributed by atoms with Gasteiger partial charge in [0.25, 0.3) is 11.8 Å². The van der Waals surface area contributed by atoms with Crippen LogP contribution in [0, 0.1) is 11.6 Å². The van der Waals surface area contributed by atoms with Crippen LogP contribution in [0.4, 0.5) is 8.78 Å². The fourth-order valence-electron chi connectivity index (χ4n) is 3.78. The third-order valence-corrected chi connectivity index (χ3v) is 5.43. The number of carbonyl (C=O) groups excluding carboxylic acids is 2. The zero-order chi connectivity index (χ0) is 22.4. The van der Waals surface area contributed by atoms with Gasteiger partial charge in [-0.1, -0.05) is 6.07 Å². The molecule has 164 valence electrons. The van der Waals surface area contributed by atoms with Crippen molar-refractivity contribution in [3.63, 3.8) is 0 Å². The van der Waals surface area contributed by atoms with Gasteiger partial charge in [-0.25, -0.2) is 8.78 Å². The molecule has 0 bridgehead atoms. The number of halogens is 2. The van der Waals surface area contributed by atoms with Gasteiger partial charge >= 0.3 is 0 Å². The van der Waals surface area contributed by atoms with E-state index in [1.807, 2.05) is 0 Å². The van der Waals surface area contributed by atoms with Crippen molar-refractivity contribution in [2.24, 2.45) is 0 Å². The number of nitrogens with one attached hydrogen (secondary N) is 1. The highest BCUT2D eigenvalue weighted by molar-refractivity contribution is 5.99. The van der Waals surface area contributed by atoms with Gasteiger partial charge in [0.15, 0.2) is 17.7 Å². The minimum Gasteiger partial charge on any atom is -0.503 e. The highest BCUT2D eigenvalue weighted by atomic mass is 19.1. The molecule has 31 heavy (non-hydrogen) atoms. The number of rotatable bonds is 4. The summed E-state index contributed by atoms with van der Waals surface area (Å²) in [6.45, 7) is 1.30. The second-order valence-corrected chi connectivity index (χ2v) is 7.45. The maximum Gasteiger partial charge on any atom is 0.277 e. The van der Waals surface area contributed by atoms with Crippen molar-refractivity contribution >= 4 is 11.8 Å². The smallest absolute Gasteiger partial charge is 0.277 e. The van der Waals surface area contributed by atoms with E-state index in [0.717, 1.165) is 18.3 Å². The van der Waals surface area contributed by atoms with Gasteiger partial charge < -0.3 is 29.7 Å². The number of benzene rings is 1. The van der Waals surface area contributed by atoms with Crippen LogP contribution >= 0.6 is 0 Å². The molecule has 1 aromatic carbocycles. The van der Waals surface area contributed by atoms with E-state index in [4.69, 9.17) is 4.74 Å². The molecule has 0 saturated carbocycles. The molecule has 4 rings (SSSR count). The Bertz CT molecular complexity index is 1130. The van der Waals surface area contributed by atoms with E-state index < -0.39 is 58.6 Å². The lowest BCUT2D eigenvalue weighted by Crippen LogP contribution is -2.52. The van der Waals surface area contributed by atoms with Crippen LogP contribution in [0.5, 0.6) is 5.75 Å². The van der Waals surface area contributed by atoms with E-state index >= 15 is 0 Å². The topological polar surface area (TPSA) is 121 Å². The zero-order valence-electron chi connectivity index (χ0n) is 16.3. The summed E-state index contributed by atoms with van der Waals surface area (Å²) in [4.78, 5) is 39.2. The summed E-state index contributed by atoms with van der Waals surface area (Å²) >= 11 is 0. The fourth-order valence-corrected chi connectivity index (χ4v) is 3.78. The van der Waals surface area contributed by atoms with Crippen LogP contribution in [0.3, 0.4) is 0 Å². The van der Waals surface area contributed by atoms with Crippen molar-refractivity contribution in [2.45, 2.75) is 38.4 Å². The summed E-state index contributed by atoms with van der Waals surface area (Å²) < 4.78 is 33.6. The Hall–Kier alpha value is -3.31. The van der Waals surface area contributed by atoms with Crippen LogP contribution in [0.1, 0.15) is 33.3 Å². The monoisotopic (exact) mass is 435 g/mol. The first-order valence-corrected chi connectivity index (χ1v) is 9.50. The number of hydrogen-bond acceptors (Lipinski definition) is 6. The Labute approximate surface area is 174 Å². The van der Waals surface area contributed by atoms with Crippen molar-refractivity contribution in [3.05, 3.63) is 63.1 Å². The summed E-state index contributed by atoms with van der Waals surface area (Å²) in [6.07, 6.45) is -0.487. The van der Waals surface area contributed by atoms with Gasteiger partial charge in [0, 0.05) is 24.4 Å². The quantitative estimate of drug-likeness (QED) is 0.636. The second kappa shape index (κ2) is 7.75. The summed E-state index contributed by atoms with van der Waals surface area (Å²) in [6, 6.07) is 2.23. The van der Waals surface area contributed by atoms with Gasteiger partial charge in [-0.05, 0) is 13.0 Å². The van der Waals surface area contributed by atoms with Gasteiger partial charge in [-0.2, -0.15) is 0 Å². The summed E-state index contributed by atoms with van der Waals surface area (Å²) in [7, 11) is 0. The van der Waals surface area contributed by atoms with E-state index in [2.05, 4.69) is 5.32 Å². The summed E-state index contributed by atoms with van der Waals surface area (Å²) in [5.41, 5.74) is -1.82. The number of hydrogen-bond donors (Lipinski definition) is 3. The molecule has 3 heterocycles. The maximum atomic E-state index is 13.8. The molecule has 0 spiro atoms. The lowest BCUT2D eigenvalue weighted by molar-refractivity contribution is -0.000244. The number of pyridine rings is 1. The number of ether oxygens (including phenoxy) is 1. The largest absolute Gasteiger partial charge is 0.503 e. The number of aromatic nitrogens is 1. The number of aliphatic hydroxyl groups is 1. The van der Waals surface area contributed by atoms with Crippen molar-refractivity contribution in [1.82, 2.24) is 14.8 Å². The third kappa shape index (κ3) is 3.55. The van der Waals surface area contributed by atoms with E-state index in [9.17, 15) is 33.4 Å². The number of aromatic hydroxyl groups is 1. The Morgan fingerprint density at radius 2 is 2.10 bits per heavy atom. The molecule has 1 saturated heterocycles. The van der Waals surface area contributed by atoms with E-state index in [1.54, 1.807) is 0 Å². The first-order chi connectivity index (χ1) is 14.7. The molecule has 2 aliphatic rings. The van der Waals surface area contributed by atoms with Gasteiger partial charge in [-0.15, -0.1) is 0 Å². The van der Waals surface area contributed by atoms with Gasteiger partial charge in [0.1, 0.15) is 17.2 Å². The van der Waals surface area contributed by atoms with Crippen LogP contribution in [-0.2, 0) is 17.8 Å². The lowest BCUT2D eigenvalue weighted by atomic mass is 10.1. The number of aliphatic hydroxyl groups excluding tert-OH is 1. The van der Waals surface area contributed by atoms with Gasteiger partial charge in [-0.3, -0.25) is 14.4 Å². The lowest BCUT2D eigenvalue weighted by Gasteiger charge is -2.35. The molecule has 2 amide bonds. The Kier molecular flexibility index (Phi) is 5.23.